The molecule has 0 aliphatic carbocycles. The summed E-state index contributed by atoms with van der Waals surface area (Å²) in [6, 6.07) is 6.26. The van der Waals surface area contributed by atoms with Crippen molar-refractivity contribution in [1.82, 2.24) is 15.5 Å². The first-order valence-corrected chi connectivity index (χ1v) is 9.44. The number of amides is 1. The molecule has 1 amide bonds. The van der Waals surface area contributed by atoms with Gasteiger partial charge >= 0.3 is 0 Å². The minimum atomic E-state index is 0.293. The number of carbonyl (C=O) groups is 1. The molecule has 24 heavy (non-hydrogen) atoms. The number of halogens is 1. The maximum Gasteiger partial charge on any atom is 0.222 e. The van der Waals surface area contributed by atoms with Crippen LogP contribution in [0.25, 0.3) is 0 Å². The van der Waals surface area contributed by atoms with Crippen LogP contribution in [0.1, 0.15) is 37.3 Å². The van der Waals surface area contributed by atoms with Crippen molar-refractivity contribution in [2.45, 2.75) is 39.7 Å². The van der Waals surface area contributed by atoms with E-state index in [1.807, 2.05) is 11.0 Å². The third kappa shape index (κ3) is 5.82. The van der Waals surface area contributed by atoms with E-state index in [0.29, 0.717) is 18.9 Å². The van der Waals surface area contributed by atoms with Gasteiger partial charge in [0, 0.05) is 37.1 Å². The number of carbonyl (C=O) groups excluding carboxylic acids is 1. The lowest BCUT2D eigenvalue weighted by atomic mass is 10.1. The normalized spacial score (nSPS) is 15.0. The highest BCUT2D eigenvalue weighted by molar-refractivity contribution is 9.10. The van der Waals surface area contributed by atoms with E-state index in [9.17, 15) is 4.79 Å². The number of aryl methyl sites for hydroxylation is 1. The molecule has 1 aliphatic rings. The molecule has 1 saturated heterocycles. The Morgan fingerprint density at radius 3 is 2.88 bits per heavy atom. The van der Waals surface area contributed by atoms with E-state index in [2.05, 4.69) is 57.5 Å². The first-order valence-electron chi connectivity index (χ1n) is 8.65. The minimum Gasteiger partial charge on any atom is -0.357 e. The van der Waals surface area contributed by atoms with Crippen LogP contribution in [0.15, 0.2) is 27.7 Å². The fourth-order valence-corrected chi connectivity index (χ4v) is 3.24. The van der Waals surface area contributed by atoms with Gasteiger partial charge < -0.3 is 15.5 Å². The topological polar surface area (TPSA) is 56.7 Å². The van der Waals surface area contributed by atoms with Crippen molar-refractivity contribution in [1.29, 1.82) is 0 Å². The number of nitrogens with zero attached hydrogens (tertiary/aromatic N) is 2. The fraction of sp³-hybridized carbons (Fsp3) is 0.556. The molecule has 1 aromatic rings. The summed E-state index contributed by atoms with van der Waals surface area (Å²) in [6.07, 6.45) is 2.65. The predicted octanol–water partition coefficient (Wildman–Crippen LogP) is 2.83. The first kappa shape index (κ1) is 18.8. The van der Waals surface area contributed by atoms with Crippen molar-refractivity contribution in [3.05, 3.63) is 33.8 Å². The summed E-state index contributed by atoms with van der Waals surface area (Å²) in [5.74, 6) is 1.12. The van der Waals surface area contributed by atoms with E-state index in [-0.39, 0.29) is 0 Å². The Hall–Kier alpha value is -1.56. The van der Waals surface area contributed by atoms with Crippen molar-refractivity contribution in [3.8, 4) is 0 Å². The van der Waals surface area contributed by atoms with Crippen molar-refractivity contribution in [2.24, 2.45) is 4.99 Å². The van der Waals surface area contributed by atoms with E-state index in [0.717, 1.165) is 49.5 Å². The molecular formula is C18H27BrN4O. The molecule has 1 fully saturated rings. The molecule has 0 spiro atoms. The SMILES string of the molecule is CCNC(=NCc1ccc(Br)cc1C)NCCCN1CCCC1=O. The van der Waals surface area contributed by atoms with Gasteiger partial charge in [-0.1, -0.05) is 22.0 Å². The number of nitrogens with one attached hydrogen (secondary N) is 2. The van der Waals surface area contributed by atoms with E-state index in [1.165, 1.54) is 11.1 Å². The molecule has 1 heterocycles. The van der Waals surface area contributed by atoms with Gasteiger partial charge in [-0.15, -0.1) is 0 Å². The second-order valence-electron chi connectivity index (χ2n) is 6.03. The third-order valence-corrected chi connectivity index (χ3v) is 4.62. The third-order valence-electron chi connectivity index (χ3n) is 4.13. The zero-order valence-corrected chi connectivity index (χ0v) is 16.2. The van der Waals surface area contributed by atoms with Gasteiger partial charge in [0.15, 0.2) is 5.96 Å². The number of hydrogen-bond acceptors (Lipinski definition) is 2. The number of aliphatic imine (C=N–C) groups is 1. The Kier molecular flexibility index (Phi) is 7.56. The van der Waals surface area contributed by atoms with Crippen LogP contribution < -0.4 is 10.6 Å². The zero-order chi connectivity index (χ0) is 17.4. The van der Waals surface area contributed by atoms with Gasteiger partial charge in [0.1, 0.15) is 0 Å². The smallest absolute Gasteiger partial charge is 0.222 e. The zero-order valence-electron chi connectivity index (χ0n) is 14.6. The largest absolute Gasteiger partial charge is 0.357 e. The molecule has 2 rings (SSSR count). The van der Waals surface area contributed by atoms with Crippen LogP contribution in [-0.2, 0) is 11.3 Å². The van der Waals surface area contributed by atoms with Crippen LogP contribution >= 0.6 is 15.9 Å². The summed E-state index contributed by atoms with van der Waals surface area (Å²) < 4.78 is 1.09. The summed E-state index contributed by atoms with van der Waals surface area (Å²) in [4.78, 5) is 18.2. The second kappa shape index (κ2) is 9.67. The van der Waals surface area contributed by atoms with Gasteiger partial charge in [0.25, 0.3) is 0 Å². The van der Waals surface area contributed by atoms with Crippen molar-refractivity contribution in [2.75, 3.05) is 26.2 Å². The van der Waals surface area contributed by atoms with Gasteiger partial charge in [-0.3, -0.25) is 4.79 Å². The Labute approximate surface area is 153 Å². The summed E-state index contributed by atoms with van der Waals surface area (Å²) >= 11 is 3.49. The van der Waals surface area contributed by atoms with Gasteiger partial charge in [0.05, 0.1) is 6.54 Å². The molecule has 1 aromatic carbocycles. The quantitative estimate of drug-likeness (QED) is 0.424. The van der Waals surface area contributed by atoms with Crippen LogP contribution in [0.5, 0.6) is 0 Å². The lowest BCUT2D eigenvalue weighted by Crippen LogP contribution is -2.39. The van der Waals surface area contributed by atoms with Crippen LogP contribution in [0, 0.1) is 6.92 Å². The average Bonchev–Trinajstić information content (AvgIpc) is 2.95. The van der Waals surface area contributed by atoms with Crippen molar-refractivity contribution >= 4 is 27.8 Å². The lowest BCUT2D eigenvalue weighted by Gasteiger charge is -2.16. The molecule has 2 N–H and O–H groups in total. The van der Waals surface area contributed by atoms with E-state index in [1.54, 1.807) is 0 Å². The van der Waals surface area contributed by atoms with Crippen LogP contribution in [0.4, 0.5) is 0 Å². The summed E-state index contributed by atoms with van der Waals surface area (Å²) in [5.41, 5.74) is 2.45. The van der Waals surface area contributed by atoms with Gasteiger partial charge in [0.2, 0.25) is 5.91 Å². The van der Waals surface area contributed by atoms with Gasteiger partial charge in [-0.25, -0.2) is 4.99 Å². The minimum absolute atomic E-state index is 0.293. The maximum atomic E-state index is 11.6. The summed E-state index contributed by atoms with van der Waals surface area (Å²) in [5, 5.41) is 6.62. The van der Waals surface area contributed by atoms with E-state index < -0.39 is 0 Å². The van der Waals surface area contributed by atoms with Crippen molar-refractivity contribution < 1.29 is 4.79 Å². The van der Waals surface area contributed by atoms with E-state index in [4.69, 9.17) is 0 Å². The molecule has 0 aromatic heterocycles. The highest BCUT2D eigenvalue weighted by atomic mass is 79.9. The molecule has 6 heteroatoms. The van der Waals surface area contributed by atoms with Crippen LogP contribution in [0.2, 0.25) is 0 Å². The highest BCUT2D eigenvalue weighted by Gasteiger charge is 2.18. The number of guanidine groups is 1. The lowest BCUT2D eigenvalue weighted by molar-refractivity contribution is -0.127. The molecule has 5 nitrogen and oxygen atoms in total. The molecule has 0 unspecified atom stereocenters. The molecule has 1 aliphatic heterocycles. The van der Waals surface area contributed by atoms with Crippen LogP contribution in [-0.4, -0.2) is 42.9 Å². The Balaban J connectivity index is 1.80. The fourth-order valence-electron chi connectivity index (χ4n) is 2.76. The molecule has 0 atom stereocenters. The molecular weight excluding hydrogens is 368 g/mol. The first-order chi connectivity index (χ1) is 11.6. The molecule has 0 radical (unpaired) electrons. The predicted molar refractivity (Wildman–Crippen MR) is 102 cm³/mol. The number of hydrogen-bond donors (Lipinski definition) is 2. The van der Waals surface area contributed by atoms with Gasteiger partial charge in [-0.2, -0.15) is 0 Å². The standard InChI is InChI=1S/C18H27BrN4O/c1-3-20-18(21-9-5-11-23-10-4-6-17(23)24)22-13-15-7-8-16(19)12-14(15)2/h7-8,12H,3-6,9-11,13H2,1-2H3,(H2,20,21,22). The van der Waals surface area contributed by atoms with Gasteiger partial charge in [-0.05, 0) is 49.9 Å². The number of benzene rings is 1. The summed E-state index contributed by atoms with van der Waals surface area (Å²) in [7, 11) is 0. The van der Waals surface area contributed by atoms with E-state index >= 15 is 0 Å². The molecule has 0 saturated carbocycles. The molecule has 0 bridgehead atoms. The number of likely N-dealkylation sites (tertiary alicyclic amines) is 1. The summed E-state index contributed by atoms with van der Waals surface area (Å²) in [6.45, 7) is 8.20. The number of rotatable bonds is 7. The van der Waals surface area contributed by atoms with Crippen molar-refractivity contribution in [3.63, 3.8) is 0 Å². The monoisotopic (exact) mass is 394 g/mol. The average molecular weight is 395 g/mol. The Morgan fingerprint density at radius 2 is 2.21 bits per heavy atom. The van der Waals surface area contributed by atoms with Crippen LogP contribution in [0.3, 0.4) is 0 Å². The maximum absolute atomic E-state index is 11.6. The Bertz CT molecular complexity index is 588. The molecule has 132 valence electrons. The second-order valence-corrected chi connectivity index (χ2v) is 6.95. The highest BCUT2D eigenvalue weighted by Crippen LogP contribution is 2.16. The Morgan fingerprint density at radius 1 is 1.38 bits per heavy atom.